The number of benzene rings is 2. The number of rotatable bonds is 5. The Morgan fingerprint density at radius 2 is 1.81 bits per heavy atom. The van der Waals surface area contributed by atoms with Gasteiger partial charge in [0, 0.05) is 12.1 Å². The molecule has 0 aliphatic rings. The second-order valence-electron chi connectivity index (χ2n) is 6.71. The molecule has 2 aromatic carbocycles. The molecule has 0 aliphatic carbocycles. The summed E-state index contributed by atoms with van der Waals surface area (Å²) in [7, 11) is 1.55. The lowest BCUT2D eigenvalue weighted by Crippen LogP contribution is -2.23. The van der Waals surface area contributed by atoms with E-state index < -0.39 is 17.8 Å². The first-order valence-corrected chi connectivity index (χ1v) is 9.29. The van der Waals surface area contributed by atoms with Gasteiger partial charge < -0.3 is 10.1 Å². The average Bonchev–Trinajstić information content (AvgIpc) is 3.21. The van der Waals surface area contributed by atoms with Gasteiger partial charge in [0.05, 0.1) is 19.0 Å². The summed E-state index contributed by atoms with van der Waals surface area (Å²) in [6, 6.07) is 16.4. The van der Waals surface area contributed by atoms with Gasteiger partial charge in [-0.2, -0.15) is 18.3 Å². The first-order valence-electron chi connectivity index (χ1n) is 9.29. The molecule has 2 aromatic heterocycles. The van der Waals surface area contributed by atoms with E-state index in [-0.39, 0.29) is 23.4 Å². The van der Waals surface area contributed by atoms with Crippen molar-refractivity contribution in [2.75, 3.05) is 7.11 Å². The van der Waals surface area contributed by atoms with Crippen LogP contribution in [0.25, 0.3) is 16.9 Å². The molecule has 0 bridgehead atoms. The number of ether oxygens (including phenoxy) is 1. The number of carbonyl (C=O) groups excluding carboxylic acids is 1. The van der Waals surface area contributed by atoms with Crippen molar-refractivity contribution in [3.63, 3.8) is 0 Å². The van der Waals surface area contributed by atoms with Gasteiger partial charge in [-0.3, -0.25) is 4.79 Å². The third-order valence-corrected chi connectivity index (χ3v) is 4.69. The summed E-state index contributed by atoms with van der Waals surface area (Å²) in [6.45, 7) is 0.185. The molecule has 0 atom stereocenters. The molecule has 0 saturated carbocycles. The lowest BCUT2D eigenvalue weighted by atomic mass is 10.1. The Morgan fingerprint density at radius 1 is 1.10 bits per heavy atom. The normalized spacial score (nSPS) is 11.5. The summed E-state index contributed by atoms with van der Waals surface area (Å²) in [5.74, 6) is 0.103. The average molecular weight is 426 g/mol. The number of hydrogen-bond acceptors (Lipinski definition) is 4. The number of hydrogen-bond donors (Lipinski definition) is 1. The van der Waals surface area contributed by atoms with E-state index in [0.29, 0.717) is 15.8 Å². The smallest absolute Gasteiger partial charge is 0.433 e. The maximum absolute atomic E-state index is 13.7. The second kappa shape index (κ2) is 8.10. The van der Waals surface area contributed by atoms with Gasteiger partial charge in [0.1, 0.15) is 11.3 Å². The number of carbonyl (C=O) groups is 1. The molecule has 4 rings (SSSR count). The fourth-order valence-electron chi connectivity index (χ4n) is 3.10. The van der Waals surface area contributed by atoms with Crippen molar-refractivity contribution in [3.8, 4) is 17.0 Å². The molecule has 1 amide bonds. The minimum Gasteiger partial charge on any atom is -0.497 e. The van der Waals surface area contributed by atoms with Gasteiger partial charge in [0.2, 0.25) is 0 Å². The highest BCUT2D eigenvalue weighted by Gasteiger charge is 2.36. The molecule has 0 fully saturated rings. The molecule has 4 aromatic rings. The molecular weight excluding hydrogens is 409 g/mol. The third-order valence-electron chi connectivity index (χ3n) is 4.69. The Kier molecular flexibility index (Phi) is 5.33. The first kappa shape index (κ1) is 20.4. The molecule has 0 spiro atoms. The Hall–Kier alpha value is -3.88. The van der Waals surface area contributed by atoms with Crippen LogP contribution in [0.15, 0.2) is 66.9 Å². The predicted octanol–water partition coefficient (Wildman–Crippen LogP) is 4.35. The zero-order valence-electron chi connectivity index (χ0n) is 16.3. The second-order valence-corrected chi connectivity index (χ2v) is 6.71. The number of nitrogens with zero attached hydrogens (tertiary/aromatic N) is 3. The van der Waals surface area contributed by atoms with Crippen LogP contribution in [0, 0.1) is 0 Å². The molecular formula is C22H17F3N4O2. The van der Waals surface area contributed by atoms with Gasteiger partial charge >= 0.3 is 6.18 Å². The van der Waals surface area contributed by atoms with Gasteiger partial charge in [-0.15, -0.1) is 0 Å². The predicted molar refractivity (Wildman–Crippen MR) is 108 cm³/mol. The number of fused-ring (bicyclic) bond motifs is 1. The summed E-state index contributed by atoms with van der Waals surface area (Å²) < 4.78 is 46.7. The Balaban J connectivity index is 1.69. The van der Waals surface area contributed by atoms with Crippen LogP contribution >= 0.6 is 0 Å². The Labute approximate surface area is 175 Å². The van der Waals surface area contributed by atoms with Crippen LogP contribution in [0.3, 0.4) is 0 Å². The number of alkyl halides is 3. The molecule has 6 nitrogen and oxygen atoms in total. The number of amides is 1. The van der Waals surface area contributed by atoms with Crippen LogP contribution in [-0.4, -0.2) is 27.6 Å². The molecule has 0 unspecified atom stereocenters. The third kappa shape index (κ3) is 4.20. The first-order chi connectivity index (χ1) is 14.9. The van der Waals surface area contributed by atoms with Gasteiger partial charge in [0.15, 0.2) is 11.3 Å². The molecule has 31 heavy (non-hydrogen) atoms. The largest absolute Gasteiger partial charge is 0.497 e. The molecule has 158 valence electrons. The van der Waals surface area contributed by atoms with E-state index in [2.05, 4.69) is 15.4 Å². The lowest BCUT2D eigenvalue weighted by molar-refractivity contribution is -0.142. The zero-order valence-corrected chi connectivity index (χ0v) is 16.3. The quantitative estimate of drug-likeness (QED) is 0.515. The van der Waals surface area contributed by atoms with Crippen molar-refractivity contribution in [1.29, 1.82) is 0 Å². The van der Waals surface area contributed by atoms with Gasteiger partial charge in [0.25, 0.3) is 5.91 Å². The molecule has 0 aliphatic heterocycles. The van der Waals surface area contributed by atoms with E-state index in [4.69, 9.17) is 4.74 Å². The summed E-state index contributed by atoms with van der Waals surface area (Å²) >= 11 is 0. The number of aromatic nitrogens is 3. The van der Waals surface area contributed by atoms with Crippen LogP contribution in [0.1, 0.15) is 21.6 Å². The summed E-state index contributed by atoms with van der Waals surface area (Å²) in [5.41, 5.74) is 0.189. The standard InChI is InChI=1S/C22H17F3N4O2/c1-31-16-9-7-14(8-10-16)12-26-21(30)17-13-27-29-19(22(23,24)25)11-18(28-20(17)29)15-5-3-2-4-6-15/h2-11,13H,12H2,1H3,(H,26,30). The van der Waals surface area contributed by atoms with Crippen molar-refractivity contribution in [2.45, 2.75) is 12.7 Å². The Morgan fingerprint density at radius 3 is 2.45 bits per heavy atom. The van der Waals surface area contributed by atoms with Gasteiger partial charge in [-0.1, -0.05) is 42.5 Å². The summed E-state index contributed by atoms with van der Waals surface area (Å²) in [6.07, 6.45) is -3.58. The van der Waals surface area contributed by atoms with Crippen LogP contribution in [-0.2, 0) is 12.7 Å². The summed E-state index contributed by atoms with van der Waals surface area (Å²) in [4.78, 5) is 17.0. The lowest BCUT2D eigenvalue weighted by Gasteiger charge is -2.11. The van der Waals surface area contributed by atoms with Crippen molar-refractivity contribution >= 4 is 11.6 Å². The minimum absolute atomic E-state index is 0.0446. The monoisotopic (exact) mass is 426 g/mol. The molecule has 1 N–H and O–H groups in total. The van der Waals surface area contributed by atoms with E-state index in [1.807, 2.05) is 0 Å². The number of halogens is 3. The van der Waals surface area contributed by atoms with E-state index in [0.717, 1.165) is 17.8 Å². The van der Waals surface area contributed by atoms with Crippen molar-refractivity contribution < 1.29 is 22.7 Å². The Bertz CT molecular complexity index is 1220. The maximum atomic E-state index is 13.7. The highest BCUT2D eigenvalue weighted by atomic mass is 19.4. The highest BCUT2D eigenvalue weighted by Crippen LogP contribution is 2.32. The zero-order chi connectivity index (χ0) is 22.0. The van der Waals surface area contributed by atoms with E-state index in [1.54, 1.807) is 61.7 Å². The van der Waals surface area contributed by atoms with Crippen molar-refractivity contribution in [3.05, 3.63) is 83.7 Å². The van der Waals surface area contributed by atoms with Gasteiger partial charge in [-0.05, 0) is 23.8 Å². The topological polar surface area (TPSA) is 68.5 Å². The SMILES string of the molecule is COc1ccc(CNC(=O)c2cnn3c(C(F)(F)F)cc(-c4ccccc4)nc23)cc1. The maximum Gasteiger partial charge on any atom is 0.433 e. The minimum atomic E-state index is -4.67. The summed E-state index contributed by atoms with van der Waals surface area (Å²) in [5, 5.41) is 6.47. The van der Waals surface area contributed by atoms with E-state index in [9.17, 15) is 18.0 Å². The molecule has 0 saturated heterocycles. The molecule has 2 heterocycles. The van der Waals surface area contributed by atoms with Crippen LogP contribution in [0.2, 0.25) is 0 Å². The van der Waals surface area contributed by atoms with E-state index in [1.165, 1.54) is 0 Å². The van der Waals surface area contributed by atoms with Crippen molar-refractivity contribution in [2.24, 2.45) is 0 Å². The van der Waals surface area contributed by atoms with Crippen LogP contribution in [0.4, 0.5) is 13.2 Å². The van der Waals surface area contributed by atoms with Crippen LogP contribution < -0.4 is 10.1 Å². The highest BCUT2D eigenvalue weighted by molar-refractivity contribution is 5.99. The number of nitrogens with one attached hydrogen (secondary N) is 1. The fourth-order valence-corrected chi connectivity index (χ4v) is 3.10. The number of methoxy groups -OCH3 is 1. The van der Waals surface area contributed by atoms with Crippen LogP contribution in [0.5, 0.6) is 5.75 Å². The molecule has 0 radical (unpaired) electrons. The van der Waals surface area contributed by atoms with E-state index >= 15 is 0 Å². The fraction of sp³-hybridized carbons (Fsp3) is 0.136. The van der Waals surface area contributed by atoms with Crippen molar-refractivity contribution in [1.82, 2.24) is 19.9 Å². The molecule has 9 heteroatoms. The van der Waals surface area contributed by atoms with Gasteiger partial charge in [-0.25, -0.2) is 9.50 Å².